The average molecular weight is 1140 g/mol. The highest BCUT2D eigenvalue weighted by Gasteiger charge is 2.36. The van der Waals surface area contributed by atoms with Crippen LogP contribution in [0.25, 0.3) is 36.5 Å². The molecule has 0 aliphatic heterocycles. The fourth-order valence-electron chi connectivity index (χ4n) is 8.96. The van der Waals surface area contributed by atoms with E-state index in [1.807, 2.05) is 109 Å². The number of hydrogen-bond acceptors (Lipinski definition) is 12. The Labute approximate surface area is 469 Å². The van der Waals surface area contributed by atoms with Crippen LogP contribution in [-0.2, 0) is 59.3 Å². The van der Waals surface area contributed by atoms with Crippen LogP contribution >= 0.6 is 22.8 Å². The molecule has 0 spiro atoms. The Hall–Kier alpha value is -4.05. The molecule has 0 fully saturated rings. The minimum atomic E-state index is -3.92. The van der Waals surface area contributed by atoms with Crippen molar-refractivity contribution < 1.29 is 55.0 Å². The van der Waals surface area contributed by atoms with Crippen LogP contribution in [0.5, 0.6) is 17.2 Å². The van der Waals surface area contributed by atoms with E-state index in [2.05, 4.69) is 20.8 Å². The van der Waals surface area contributed by atoms with Crippen LogP contribution < -0.4 is 14.2 Å². The van der Waals surface area contributed by atoms with E-state index >= 15 is 13.7 Å². The zero-order valence-corrected chi connectivity index (χ0v) is 51.3. The summed E-state index contributed by atoms with van der Waals surface area (Å²) in [5.74, 6) is 2.30. The van der Waals surface area contributed by atoms with Crippen LogP contribution in [0.1, 0.15) is 189 Å². The molecule has 0 atom stereocenters. The third kappa shape index (κ3) is 23.2. The monoisotopic (exact) mass is 1130 g/mol. The second-order valence-corrected chi connectivity index (χ2v) is 25.1. The largest absolute Gasteiger partial charge is 0.494 e. The van der Waals surface area contributed by atoms with Crippen molar-refractivity contribution in [3.8, 4) is 17.2 Å². The molecular weight excluding hydrogens is 1040 g/mol. The topological polar surface area (TPSA) is 134 Å². The molecule has 4 aromatic rings. The van der Waals surface area contributed by atoms with Crippen molar-refractivity contribution in [1.82, 2.24) is 0 Å². The van der Waals surface area contributed by atoms with Gasteiger partial charge in [-0.1, -0.05) is 151 Å². The van der Waals surface area contributed by atoms with Gasteiger partial charge in [0.2, 0.25) is 0 Å². The van der Waals surface area contributed by atoms with Crippen molar-refractivity contribution in [2.24, 2.45) is 0 Å². The standard InChI is InChI=1S/C63H93O12P3/c1-10-19-22-25-46-67-55-37-28-52(29-38-55)34-43-58-61(49-76(64,70-13-4)71-14-5)59(44-35-53-30-39-56(40-31-53)68-47-26-23-20-11-2)63(51-78(66,74-17-8)75-18-9)60(62(58)50-77(65,72-15-6)73-16-7)45-36-54-32-41-57(42-33-54)69-48-27-24-21-12-3/h28-45H,10-27,46-51H2,1-9H3/b43-34+,44-35+,45-36+. The van der Waals surface area contributed by atoms with Gasteiger partial charge in [-0.3, -0.25) is 13.7 Å². The van der Waals surface area contributed by atoms with Crippen molar-refractivity contribution >= 4 is 59.2 Å². The van der Waals surface area contributed by atoms with E-state index in [1.165, 1.54) is 19.3 Å². The first-order valence-electron chi connectivity index (χ1n) is 28.9. The predicted molar refractivity (Wildman–Crippen MR) is 325 cm³/mol. The first-order chi connectivity index (χ1) is 37.8. The number of hydrogen-bond donors (Lipinski definition) is 0. The Morgan fingerprint density at radius 1 is 0.308 bits per heavy atom. The van der Waals surface area contributed by atoms with Gasteiger partial charge in [0.25, 0.3) is 0 Å². The van der Waals surface area contributed by atoms with Gasteiger partial charge in [0.05, 0.1) is 77.9 Å². The second kappa shape index (κ2) is 37.1. The molecular formula is C63H93O12P3. The third-order valence-electron chi connectivity index (χ3n) is 12.7. The second-order valence-electron chi connectivity index (χ2n) is 18.9. The maximum atomic E-state index is 15.2. The lowest BCUT2D eigenvalue weighted by Gasteiger charge is -2.28. The lowest BCUT2D eigenvalue weighted by atomic mass is 9.86. The Balaban J connectivity index is 2.17. The predicted octanol–water partition coefficient (Wildman–Crippen LogP) is 19.4. The number of benzene rings is 4. The molecule has 0 saturated carbocycles. The third-order valence-corrected chi connectivity index (χ3v) is 18.7. The summed E-state index contributed by atoms with van der Waals surface area (Å²) in [7, 11) is -11.8. The summed E-state index contributed by atoms with van der Waals surface area (Å²) in [6.45, 7) is 19.8. The van der Waals surface area contributed by atoms with E-state index in [0.29, 0.717) is 53.2 Å². The van der Waals surface area contributed by atoms with Crippen LogP contribution in [0, 0.1) is 0 Å². The van der Waals surface area contributed by atoms with Gasteiger partial charge < -0.3 is 41.4 Å². The van der Waals surface area contributed by atoms with Crippen LogP contribution in [0.3, 0.4) is 0 Å². The quantitative estimate of drug-likeness (QED) is 0.0237. The maximum absolute atomic E-state index is 15.2. The summed E-state index contributed by atoms with van der Waals surface area (Å²) >= 11 is 0. The van der Waals surface area contributed by atoms with E-state index in [4.69, 9.17) is 41.4 Å². The summed E-state index contributed by atoms with van der Waals surface area (Å²) in [4.78, 5) is 0. The molecule has 4 aromatic carbocycles. The normalized spacial score (nSPS) is 12.4. The molecule has 15 heteroatoms. The summed E-state index contributed by atoms with van der Waals surface area (Å²) in [6.07, 6.45) is 24.4. The molecule has 0 amide bonds. The van der Waals surface area contributed by atoms with Crippen LogP contribution in [-0.4, -0.2) is 59.5 Å². The average Bonchev–Trinajstić information content (AvgIpc) is 3.60. The Morgan fingerprint density at radius 3 is 0.744 bits per heavy atom. The molecule has 0 aromatic heterocycles. The van der Waals surface area contributed by atoms with E-state index in [-0.39, 0.29) is 58.1 Å². The molecule has 0 unspecified atom stereocenters. The van der Waals surface area contributed by atoms with Crippen LogP contribution in [0.15, 0.2) is 72.8 Å². The summed E-state index contributed by atoms with van der Waals surface area (Å²) in [5, 5.41) is 0. The van der Waals surface area contributed by atoms with Gasteiger partial charge in [-0.25, -0.2) is 0 Å². The maximum Gasteiger partial charge on any atom is 0.335 e. The highest BCUT2D eigenvalue weighted by molar-refractivity contribution is 7.53. The molecule has 0 saturated heterocycles. The lowest BCUT2D eigenvalue weighted by molar-refractivity contribution is 0.218. The van der Waals surface area contributed by atoms with Gasteiger partial charge in [-0.05, 0) is 147 Å². The fraction of sp³-hybridized carbons (Fsp3) is 0.524. The van der Waals surface area contributed by atoms with Gasteiger partial charge in [-0.15, -0.1) is 0 Å². The first-order valence-corrected chi connectivity index (χ1v) is 34.1. The summed E-state index contributed by atoms with van der Waals surface area (Å²) in [6, 6.07) is 23.6. The van der Waals surface area contributed by atoms with Crippen LogP contribution in [0.4, 0.5) is 0 Å². The SMILES string of the molecule is CCCCCCOc1ccc(/C=C/c2c(CP(=O)(OCC)OCC)c(/C=C/c3ccc(OCCCCCC)cc3)c(CP(=O)(OCC)OCC)c(/C=C/c3ccc(OCCCCCC)cc3)c2CP(=O)(OCC)OCC)cc1. The molecule has 0 aliphatic carbocycles. The van der Waals surface area contributed by atoms with Crippen molar-refractivity contribution in [2.45, 2.75) is 158 Å². The number of rotatable bonds is 42. The molecule has 0 radical (unpaired) electrons. The smallest absolute Gasteiger partial charge is 0.335 e. The number of ether oxygens (including phenoxy) is 3. The summed E-state index contributed by atoms with van der Waals surface area (Å²) < 4.78 is 100. The number of unbranched alkanes of at least 4 members (excludes halogenated alkanes) is 9. The molecule has 4 rings (SSSR count). The van der Waals surface area contributed by atoms with Gasteiger partial charge in [0.15, 0.2) is 0 Å². The van der Waals surface area contributed by atoms with Gasteiger partial charge in [0, 0.05) is 0 Å². The molecule has 78 heavy (non-hydrogen) atoms. The Kier molecular flexibility index (Phi) is 31.6. The Bertz CT molecular complexity index is 2230. The van der Waals surface area contributed by atoms with Crippen molar-refractivity contribution in [1.29, 1.82) is 0 Å². The van der Waals surface area contributed by atoms with E-state index in [0.717, 1.165) is 91.7 Å². The zero-order chi connectivity index (χ0) is 56.5. The van der Waals surface area contributed by atoms with E-state index in [1.54, 1.807) is 41.5 Å². The highest BCUT2D eigenvalue weighted by atomic mass is 31.2. The fourth-order valence-corrected chi connectivity index (χ4v) is 14.3. The van der Waals surface area contributed by atoms with Crippen molar-refractivity contribution in [3.05, 3.63) is 123 Å². The molecule has 0 bridgehead atoms. The van der Waals surface area contributed by atoms with E-state index in [9.17, 15) is 0 Å². The Morgan fingerprint density at radius 2 is 0.538 bits per heavy atom. The van der Waals surface area contributed by atoms with Gasteiger partial charge >= 0.3 is 22.8 Å². The van der Waals surface area contributed by atoms with Crippen molar-refractivity contribution in [2.75, 3.05) is 59.5 Å². The minimum absolute atomic E-state index is 0.116. The molecule has 432 valence electrons. The van der Waals surface area contributed by atoms with Gasteiger partial charge in [0.1, 0.15) is 17.2 Å². The van der Waals surface area contributed by atoms with Crippen LogP contribution in [0.2, 0.25) is 0 Å². The first kappa shape index (κ1) is 66.5. The highest BCUT2D eigenvalue weighted by Crippen LogP contribution is 2.59. The molecule has 12 nitrogen and oxygen atoms in total. The molecule has 0 heterocycles. The molecule has 0 N–H and O–H groups in total. The zero-order valence-electron chi connectivity index (χ0n) is 48.6. The van der Waals surface area contributed by atoms with Gasteiger partial charge in [-0.2, -0.15) is 0 Å². The molecule has 0 aliphatic rings. The van der Waals surface area contributed by atoms with Crippen molar-refractivity contribution in [3.63, 3.8) is 0 Å². The minimum Gasteiger partial charge on any atom is -0.494 e. The van der Waals surface area contributed by atoms with E-state index < -0.39 is 22.8 Å². The lowest BCUT2D eigenvalue weighted by Crippen LogP contribution is -2.12. The summed E-state index contributed by atoms with van der Waals surface area (Å²) in [5.41, 5.74) is 6.00.